The predicted octanol–water partition coefficient (Wildman–Crippen LogP) is 2.05. The quantitative estimate of drug-likeness (QED) is 0.548. The summed E-state index contributed by atoms with van der Waals surface area (Å²) in [6.45, 7) is 0. The lowest BCUT2D eigenvalue weighted by molar-refractivity contribution is 0.723. The van der Waals surface area contributed by atoms with Crippen LogP contribution in [0.5, 0.6) is 0 Å². The molecular weight excluding hydrogens is 118 g/mol. The fourth-order valence-electron chi connectivity index (χ4n) is 0.916. The van der Waals surface area contributed by atoms with Crippen molar-refractivity contribution in [3.05, 3.63) is 11.0 Å². The van der Waals surface area contributed by atoms with Gasteiger partial charge in [0.2, 0.25) is 0 Å². The van der Waals surface area contributed by atoms with E-state index in [1.54, 1.807) is 0 Å². The zero-order valence-electron chi connectivity index (χ0n) is 4.89. The molecule has 0 spiro atoms. The SMILES string of the molecule is NSC1=CCCCC1. The Kier molecular flexibility index (Phi) is 2.43. The lowest BCUT2D eigenvalue weighted by Crippen LogP contribution is -1.90. The third kappa shape index (κ3) is 1.53. The lowest BCUT2D eigenvalue weighted by Gasteiger charge is -2.07. The van der Waals surface area contributed by atoms with Gasteiger partial charge in [-0.15, -0.1) is 0 Å². The molecule has 1 nitrogen and oxygen atoms in total. The zero-order chi connectivity index (χ0) is 5.82. The minimum Gasteiger partial charge on any atom is -0.274 e. The van der Waals surface area contributed by atoms with E-state index in [0.29, 0.717) is 0 Å². The van der Waals surface area contributed by atoms with Crippen molar-refractivity contribution in [1.29, 1.82) is 0 Å². The number of nitrogens with two attached hydrogens (primary N) is 1. The highest BCUT2D eigenvalue weighted by molar-refractivity contribution is 8.00. The summed E-state index contributed by atoms with van der Waals surface area (Å²) in [5, 5.41) is 5.35. The first-order valence-electron chi connectivity index (χ1n) is 2.99. The molecule has 1 rings (SSSR count). The summed E-state index contributed by atoms with van der Waals surface area (Å²) >= 11 is 1.41. The molecule has 0 aromatic carbocycles. The minimum atomic E-state index is 1.21. The molecule has 1 aliphatic carbocycles. The molecule has 0 radical (unpaired) electrons. The average molecular weight is 129 g/mol. The highest BCUT2D eigenvalue weighted by atomic mass is 32.2. The molecule has 8 heavy (non-hydrogen) atoms. The van der Waals surface area contributed by atoms with E-state index in [1.165, 1.54) is 42.5 Å². The van der Waals surface area contributed by atoms with E-state index >= 15 is 0 Å². The Hall–Kier alpha value is 0.0500. The summed E-state index contributed by atoms with van der Waals surface area (Å²) in [4.78, 5) is 1.37. The molecule has 0 bridgehead atoms. The van der Waals surface area contributed by atoms with Gasteiger partial charge in [0, 0.05) is 0 Å². The summed E-state index contributed by atoms with van der Waals surface area (Å²) in [5.74, 6) is 0. The van der Waals surface area contributed by atoms with Crippen LogP contribution >= 0.6 is 11.9 Å². The summed E-state index contributed by atoms with van der Waals surface area (Å²) in [6.07, 6.45) is 7.37. The van der Waals surface area contributed by atoms with Crippen LogP contribution in [0.3, 0.4) is 0 Å². The number of hydrogen-bond acceptors (Lipinski definition) is 2. The van der Waals surface area contributed by atoms with Crippen molar-refractivity contribution in [3.63, 3.8) is 0 Å². The first kappa shape index (κ1) is 6.17. The third-order valence-corrected chi connectivity index (χ3v) is 2.07. The van der Waals surface area contributed by atoms with Gasteiger partial charge in [0.25, 0.3) is 0 Å². The van der Waals surface area contributed by atoms with Gasteiger partial charge in [-0.1, -0.05) is 18.0 Å². The second-order valence-corrected chi connectivity index (χ2v) is 2.79. The molecule has 0 unspecified atom stereocenters. The molecule has 0 fully saturated rings. The molecule has 0 aromatic heterocycles. The standard InChI is InChI=1S/C6H11NS/c7-8-6-4-2-1-3-5-6/h4H,1-3,5,7H2. The second kappa shape index (κ2) is 3.15. The van der Waals surface area contributed by atoms with Crippen molar-refractivity contribution >= 4 is 11.9 Å². The van der Waals surface area contributed by atoms with Crippen molar-refractivity contribution in [2.75, 3.05) is 0 Å². The van der Waals surface area contributed by atoms with Gasteiger partial charge >= 0.3 is 0 Å². The third-order valence-electron chi connectivity index (χ3n) is 1.40. The second-order valence-electron chi connectivity index (χ2n) is 2.03. The van der Waals surface area contributed by atoms with Crippen LogP contribution in [-0.4, -0.2) is 0 Å². The summed E-state index contributed by atoms with van der Waals surface area (Å²) in [6, 6.07) is 0. The molecule has 0 amide bonds. The number of rotatable bonds is 1. The highest BCUT2D eigenvalue weighted by Crippen LogP contribution is 2.22. The van der Waals surface area contributed by atoms with E-state index in [4.69, 9.17) is 5.14 Å². The first-order valence-corrected chi connectivity index (χ1v) is 3.87. The topological polar surface area (TPSA) is 26.0 Å². The normalized spacial score (nSPS) is 20.4. The molecule has 0 heterocycles. The number of hydrogen-bond donors (Lipinski definition) is 1. The maximum absolute atomic E-state index is 5.35. The molecule has 0 saturated heterocycles. The van der Waals surface area contributed by atoms with Gasteiger partial charge in [-0.2, -0.15) is 0 Å². The average Bonchev–Trinajstić information content (AvgIpc) is 1.90. The van der Waals surface area contributed by atoms with Crippen LogP contribution in [0.25, 0.3) is 0 Å². The Balaban J connectivity index is 2.37. The molecule has 2 N–H and O–H groups in total. The van der Waals surface area contributed by atoms with Gasteiger partial charge in [-0.25, -0.2) is 0 Å². The fraction of sp³-hybridized carbons (Fsp3) is 0.667. The summed E-state index contributed by atoms with van der Waals surface area (Å²) in [5.41, 5.74) is 0. The zero-order valence-corrected chi connectivity index (χ0v) is 5.71. The Morgan fingerprint density at radius 2 is 2.38 bits per heavy atom. The highest BCUT2D eigenvalue weighted by Gasteiger charge is 2.00. The Bertz CT molecular complexity index is 98.7. The van der Waals surface area contributed by atoms with Gasteiger partial charge in [-0.05, 0) is 30.6 Å². The van der Waals surface area contributed by atoms with E-state index in [9.17, 15) is 0 Å². The fourth-order valence-corrected chi connectivity index (χ4v) is 1.39. The van der Waals surface area contributed by atoms with Crippen molar-refractivity contribution in [2.45, 2.75) is 25.7 Å². The van der Waals surface area contributed by atoms with Crippen molar-refractivity contribution in [2.24, 2.45) is 5.14 Å². The molecule has 0 aromatic rings. The van der Waals surface area contributed by atoms with Gasteiger partial charge in [0.15, 0.2) is 0 Å². The maximum atomic E-state index is 5.35. The molecular formula is C6H11NS. The van der Waals surface area contributed by atoms with Crippen molar-refractivity contribution in [1.82, 2.24) is 0 Å². The summed E-state index contributed by atoms with van der Waals surface area (Å²) in [7, 11) is 0. The first-order chi connectivity index (χ1) is 3.93. The van der Waals surface area contributed by atoms with E-state index in [2.05, 4.69) is 6.08 Å². The van der Waals surface area contributed by atoms with Gasteiger partial charge in [0.05, 0.1) is 0 Å². The minimum absolute atomic E-state index is 1.21. The molecule has 1 aliphatic rings. The lowest BCUT2D eigenvalue weighted by atomic mass is 10.1. The monoisotopic (exact) mass is 129 g/mol. The van der Waals surface area contributed by atoms with Gasteiger partial charge in [-0.3, -0.25) is 5.14 Å². The Morgan fingerprint density at radius 3 is 2.75 bits per heavy atom. The molecule has 0 atom stereocenters. The van der Waals surface area contributed by atoms with Crippen LogP contribution in [0, 0.1) is 0 Å². The van der Waals surface area contributed by atoms with Crippen molar-refractivity contribution < 1.29 is 0 Å². The number of allylic oxidation sites excluding steroid dienone is 2. The molecule has 0 aliphatic heterocycles. The van der Waals surface area contributed by atoms with Gasteiger partial charge < -0.3 is 0 Å². The summed E-state index contributed by atoms with van der Waals surface area (Å²) < 4.78 is 0. The largest absolute Gasteiger partial charge is 0.274 e. The van der Waals surface area contributed by atoms with Crippen LogP contribution in [0.1, 0.15) is 25.7 Å². The van der Waals surface area contributed by atoms with Crippen LogP contribution < -0.4 is 5.14 Å². The molecule has 46 valence electrons. The molecule has 0 saturated carbocycles. The van der Waals surface area contributed by atoms with Crippen LogP contribution in [0.15, 0.2) is 11.0 Å². The van der Waals surface area contributed by atoms with E-state index in [1.807, 2.05) is 0 Å². The Morgan fingerprint density at radius 1 is 1.50 bits per heavy atom. The van der Waals surface area contributed by atoms with E-state index in [-0.39, 0.29) is 0 Å². The van der Waals surface area contributed by atoms with Crippen molar-refractivity contribution in [3.8, 4) is 0 Å². The predicted molar refractivity (Wildman–Crippen MR) is 38.3 cm³/mol. The Labute approximate surface area is 54.5 Å². The van der Waals surface area contributed by atoms with Crippen LogP contribution in [-0.2, 0) is 0 Å². The van der Waals surface area contributed by atoms with Crippen LogP contribution in [0.2, 0.25) is 0 Å². The maximum Gasteiger partial charge on any atom is -0.00388 e. The van der Waals surface area contributed by atoms with E-state index in [0.717, 1.165) is 0 Å². The van der Waals surface area contributed by atoms with Gasteiger partial charge in [0.1, 0.15) is 0 Å². The molecule has 2 heteroatoms. The van der Waals surface area contributed by atoms with Crippen LogP contribution in [0.4, 0.5) is 0 Å². The smallest absolute Gasteiger partial charge is 0.00388 e. The van der Waals surface area contributed by atoms with E-state index < -0.39 is 0 Å².